The average molecular weight is 284 g/mol. The topological polar surface area (TPSA) is 97.1 Å². The molecule has 0 spiro atoms. The van der Waals surface area contributed by atoms with E-state index >= 15 is 0 Å². The first kappa shape index (κ1) is 14.4. The van der Waals surface area contributed by atoms with Gasteiger partial charge < -0.3 is 15.9 Å². The SMILES string of the molecule is N#C/C(NN)=C(/N)c1cccc(Oc2ccc(F)cc2)c1. The molecular formula is C15H13FN4O. The molecule has 2 rings (SSSR count). The average Bonchev–Trinajstić information content (AvgIpc) is 2.51. The lowest BCUT2D eigenvalue weighted by atomic mass is 10.1. The molecule has 0 unspecified atom stereocenters. The van der Waals surface area contributed by atoms with Gasteiger partial charge >= 0.3 is 0 Å². The number of rotatable bonds is 4. The Balaban J connectivity index is 2.28. The molecule has 0 radical (unpaired) electrons. The van der Waals surface area contributed by atoms with Crippen molar-refractivity contribution in [2.45, 2.75) is 0 Å². The standard InChI is InChI=1S/C15H13FN4O/c16-11-4-6-12(7-5-11)21-13-3-1-2-10(8-13)15(18)14(9-17)20-19/h1-8,20H,18-19H2/b15-14-. The summed E-state index contributed by atoms with van der Waals surface area (Å²) in [6.07, 6.45) is 0. The first-order chi connectivity index (χ1) is 10.1. The minimum atomic E-state index is -0.337. The molecule has 106 valence electrons. The molecule has 0 saturated heterocycles. The van der Waals surface area contributed by atoms with Gasteiger partial charge in [0.15, 0.2) is 5.70 Å². The fraction of sp³-hybridized carbons (Fsp3) is 0. The fourth-order valence-corrected chi connectivity index (χ4v) is 1.68. The normalized spacial score (nSPS) is 11.3. The van der Waals surface area contributed by atoms with E-state index < -0.39 is 0 Å². The van der Waals surface area contributed by atoms with E-state index in [1.54, 1.807) is 24.3 Å². The molecule has 0 heterocycles. The van der Waals surface area contributed by atoms with Crippen molar-refractivity contribution in [1.82, 2.24) is 5.43 Å². The number of nitriles is 1. The van der Waals surface area contributed by atoms with E-state index in [-0.39, 0.29) is 17.2 Å². The van der Waals surface area contributed by atoms with Crippen molar-refractivity contribution in [3.05, 3.63) is 65.6 Å². The van der Waals surface area contributed by atoms with Gasteiger partial charge in [0.2, 0.25) is 0 Å². The molecule has 0 atom stereocenters. The Bertz CT molecular complexity index is 704. The van der Waals surface area contributed by atoms with Crippen LogP contribution in [0.4, 0.5) is 4.39 Å². The van der Waals surface area contributed by atoms with E-state index in [1.165, 1.54) is 24.3 Å². The first-order valence-electron chi connectivity index (χ1n) is 6.04. The van der Waals surface area contributed by atoms with Gasteiger partial charge in [-0.2, -0.15) is 5.26 Å². The monoisotopic (exact) mass is 284 g/mol. The number of halogens is 1. The van der Waals surface area contributed by atoms with Gasteiger partial charge in [-0.1, -0.05) is 12.1 Å². The second-order valence-corrected chi connectivity index (χ2v) is 4.13. The first-order valence-corrected chi connectivity index (χ1v) is 6.04. The lowest BCUT2D eigenvalue weighted by Gasteiger charge is -2.09. The van der Waals surface area contributed by atoms with Gasteiger partial charge in [-0.15, -0.1) is 0 Å². The lowest BCUT2D eigenvalue weighted by Crippen LogP contribution is -2.23. The Morgan fingerprint density at radius 2 is 1.86 bits per heavy atom. The summed E-state index contributed by atoms with van der Waals surface area (Å²) in [6.45, 7) is 0. The van der Waals surface area contributed by atoms with Crippen molar-refractivity contribution in [1.29, 1.82) is 5.26 Å². The molecule has 6 heteroatoms. The Kier molecular flexibility index (Phi) is 4.39. The summed E-state index contributed by atoms with van der Waals surface area (Å²) >= 11 is 0. The molecule has 2 aromatic carbocycles. The Morgan fingerprint density at radius 1 is 1.14 bits per heavy atom. The molecule has 0 amide bonds. The predicted octanol–water partition coefficient (Wildman–Crippen LogP) is 2.23. The van der Waals surface area contributed by atoms with Crippen molar-refractivity contribution in [2.75, 3.05) is 0 Å². The van der Waals surface area contributed by atoms with Crippen LogP contribution in [0.5, 0.6) is 11.5 Å². The van der Waals surface area contributed by atoms with Crippen LogP contribution in [0, 0.1) is 17.1 Å². The van der Waals surface area contributed by atoms with Crippen LogP contribution < -0.4 is 21.7 Å². The van der Waals surface area contributed by atoms with Gasteiger partial charge in [0.1, 0.15) is 23.4 Å². The molecule has 0 saturated carbocycles. The molecule has 5 nitrogen and oxygen atoms in total. The number of benzene rings is 2. The Morgan fingerprint density at radius 3 is 2.48 bits per heavy atom. The third kappa shape index (κ3) is 3.49. The molecule has 21 heavy (non-hydrogen) atoms. The van der Waals surface area contributed by atoms with Gasteiger partial charge in [0.25, 0.3) is 0 Å². The second-order valence-electron chi connectivity index (χ2n) is 4.13. The molecule has 0 aromatic heterocycles. The van der Waals surface area contributed by atoms with Crippen molar-refractivity contribution < 1.29 is 9.13 Å². The molecule has 2 aromatic rings. The summed E-state index contributed by atoms with van der Waals surface area (Å²) in [5.41, 5.74) is 8.95. The zero-order chi connectivity index (χ0) is 15.2. The minimum Gasteiger partial charge on any atom is -0.457 e. The third-order valence-electron chi connectivity index (χ3n) is 2.72. The number of nitrogens with one attached hydrogen (secondary N) is 1. The fourth-order valence-electron chi connectivity index (χ4n) is 1.68. The summed E-state index contributed by atoms with van der Waals surface area (Å²) in [6, 6.07) is 14.3. The summed E-state index contributed by atoms with van der Waals surface area (Å²) < 4.78 is 18.4. The number of hydrogen-bond acceptors (Lipinski definition) is 5. The Labute approximate surface area is 121 Å². The van der Waals surface area contributed by atoms with Crippen LogP contribution in [0.25, 0.3) is 5.70 Å². The highest BCUT2D eigenvalue weighted by molar-refractivity contribution is 5.69. The zero-order valence-corrected chi connectivity index (χ0v) is 11.0. The Hall–Kier alpha value is -3.04. The number of nitrogens with two attached hydrogens (primary N) is 2. The van der Waals surface area contributed by atoms with Gasteiger partial charge in [-0.25, -0.2) is 10.2 Å². The highest BCUT2D eigenvalue weighted by Crippen LogP contribution is 2.24. The van der Waals surface area contributed by atoms with Crippen molar-refractivity contribution in [3.8, 4) is 17.6 Å². The smallest absolute Gasteiger partial charge is 0.151 e. The number of hydrazine groups is 1. The van der Waals surface area contributed by atoms with Crippen molar-refractivity contribution in [3.63, 3.8) is 0 Å². The zero-order valence-electron chi connectivity index (χ0n) is 11.0. The summed E-state index contributed by atoms with van der Waals surface area (Å²) in [5.74, 6) is 5.89. The molecule has 0 fully saturated rings. The molecule has 0 aliphatic heterocycles. The summed E-state index contributed by atoms with van der Waals surface area (Å²) in [5, 5.41) is 8.89. The second kappa shape index (κ2) is 6.41. The predicted molar refractivity (Wildman–Crippen MR) is 77.0 cm³/mol. The molecular weight excluding hydrogens is 271 g/mol. The molecule has 0 aliphatic carbocycles. The van der Waals surface area contributed by atoms with Crippen LogP contribution in [0.1, 0.15) is 5.56 Å². The van der Waals surface area contributed by atoms with Crippen LogP contribution in [0.2, 0.25) is 0 Å². The number of nitrogens with zero attached hydrogens (tertiary/aromatic N) is 1. The maximum Gasteiger partial charge on any atom is 0.151 e. The highest BCUT2D eigenvalue weighted by atomic mass is 19.1. The van der Waals surface area contributed by atoms with Gasteiger partial charge in [0.05, 0.1) is 5.70 Å². The van der Waals surface area contributed by atoms with E-state index in [9.17, 15) is 4.39 Å². The van der Waals surface area contributed by atoms with Crippen LogP contribution in [-0.4, -0.2) is 0 Å². The van der Waals surface area contributed by atoms with E-state index in [2.05, 4.69) is 5.43 Å². The van der Waals surface area contributed by atoms with Crippen LogP contribution in [-0.2, 0) is 0 Å². The van der Waals surface area contributed by atoms with Gasteiger partial charge in [-0.3, -0.25) is 0 Å². The molecule has 0 aliphatic rings. The lowest BCUT2D eigenvalue weighted by molar-refractivity contribution is 0.480. The molecule has 0 bridgehead atoms. The van der Waals surface area contributed by atoms with Gasteiger partial charge in [0, 0.05) is 5.56 Å². The summed E-state index contributed by atoms with van der Waals surface area (Å²) in [7, 11) is 0. The number of ether oxygens (including phenoxy) is 1. The van der Waals surface area contributed by atoms with Crippen LogP contribution >= 0.6 is 0 Å². The van der Waals surface area contributed by atoms with E-state index in [1.807, 2.05) is 6.07 Å². The summed E-state index contributed by atoms with van der Waals surface area (Å²) in [4.78, 5) is 0. The third-order valence-corrected chi connectivity index (χ3v) is 2.72. The quantitative estimate of drug-likeness (QED) is 0.454. The number of allylic oxidation sites excluding steroid dienone is 1. The highest BCUT2D eigenvalue weighted by Gasteiger charge is 2.06. The van der Waals surface area contributed by atoms with Crippen LogP contribution in [0.15, 0.2) is 54.2 Å². The largest absolute Gasteiger partial charge is 0.457 e. The number of hydrogen-bond donors (Lipinski definition) is 3. The van der Waals surface area contributed by atoms with Crippen molar-refractivity contribution >= 4 is 5.70 Å². The van der Waals surface area contributed by atoms with E-state index in [0.29, 0.717) is 17.1 Å². The maximum atomic E-state index is 12.8. The minimum absolute atomic E-state index is 0.0638. The van der Waals surface area contributed by atoms with Crippen LogP contribution in [0.3, 0.4) is 0 Å². The van der Waals surface area contributed by atoms with Crippen molar-refractivity contribution in [2.24, 2.45) is 11.6 Å². The maximum absolute atomic E-state index is 12.8. The van der Waals surface area contributed by atoms with E-state index in [4.69, 9.17) is 21.6 Å². The molecule has 5 N–H and O–H groups in total. The van der Waals surface area contributed by atoms with E-state index in [0.717, 1.165) is 0 Å². The van der Waals surface area contributed by atoms with Gasteiger partial charge in [-0.05, 0) is 36.4 Å².